The Labute approximate surface area is 203 Å². The molecule has 0 atom stereocenters. The number of thioether (sulfide) groups is 1. The lowest BCUT2D eigenvalue weighted by atomic mass is 10.2. The quantitative estimate of drug-likeness (QED) is 0.164. The molecule has 2 aromatic carbocycles. The zero-order chi connectivity index (χ0) is 24.5. The third-order valence-electron chi connectivity index (χ3n) is 4.43. The Bertz CT molecular complexity index is 1300. The molecule has 13 heteroatoms. The number of anilines is 2. The number of carbonyl (C=O) groups excluding carboxylic acids is 1. The van der Waals surface area contributed by atoms with Gasteiger partial charge in [0.25, 0.3) is 0 Å². The highest BCUT2D eigenvalue weighted by molar-refractivity contribution is 7.99. The Morgan fingerprint density at radius 3 is 2.94 bits per heavy atom. The van der Waals surface area contributed by atoms with Gasteiger partial charge >= 0.3 is 0 Å². The van der Waals surface area contributed by atoms with Crippen LogP contribution in [0.5, 0.6) is 11.5 Å². The molecule has 2 aromatic heterocycles. The van der Waals surface area contributed by atoms with E-state index in [1.54, 1.807) is 54.7 Å². The molecule has 0 aliphatic heterocycles. The number of nitrogens with zero attached hydrogens (tertiary/aromatic N) is 5. The minimum Gasteiger partial charge on any atom is -0.493 e. The number of nitrogens with one attached hydrogen (secondary N) is 3. The summed E-state index contributed by atoms with van der Waals surface area (Å²) in [6.45, 7) is 0.259. The second-order valence-corrected chi connectivity index (χ2v) is 7.83. The molecule has 11 nitrogen and oxygen atoms in total. The minimum atomic E-state index is -0.498. The Kier molecular flexibility index (Phi) is 7.91. The molecule has 3 N–H and O–H groups in total. The molecular weight excluding hydrogens is 475 g/mol. The Hall–Kier alpha value is -4.39. The summed E-state index contributed by atoms with van der Waals surface area (Å²) in [4.78, 5) is 16.2. The van der Waals surface area contributed by atoms with Gasteiger partial charge in [-0.25, -0.2) is 19.6 Å². The molecule has 0 unspecified atom stereocenters. The zero-order valence-corrected chi connectivity index (χ0v) is 19.3. The van der Waals surface area contributed by atoms with Gasteiger partial charge in [0.05, 0.1) is 24.8 Å². The monoisotopic (exact) mass is 496 g/mol. The van der Waals surface area contributed by atoms with E-state index in [1.165, 1.54) is 12.1 Å². The number of para-hydroxylation sites is 1. The smallest absolute Gasteiger partial charge is 0.240 e. The van der Waals surface area contributed by atoms with Crippen LogP contribution >= 0.6 is 11.8 Å². The number of ether oxygens (including phenoxy) is 2. The Balaban J connectivity index is 1.26. The minimum absolute atomic E-state index is 0.0174. The molecule has 35 heavy (non-hydrogen) atoms. The van der Waals surface area contributed by atoms with E-state index in [2.05, 4.69) is 36.1 Å². The molecule has 2 heterocycles. The van der Waals surface area contributed by atoms with Crippen molar-refractivity contribution in [1.29, 1.82) is 0 Å². The number of amides is 1. The fraction of sp³-hybridized carbons (Fsp3) is 0.136. The standard InChI is InChI=1S/C22H21FN8O3S/c1-33-19-11-15(7-8-18(19)34-14-31-10-4-9-25-31)12-24-28-21-27-22(30-29-21)35-13-20(32)26-17-6-3-2-5-16(17)23/h2-12H,13-14H2,1H3,(H,26,32)(H2,27,28,29,30)/b24-12+. The van der Waals surface area contributed by atoms with Gasteiger partial charge in [-0.2, -0.15) is 15.2 Å². The Morgan fingerprint density at radius 2 is 2.14 bits per heavy atom. The van der Waals surface area contributed by atoms with Gasteiger partial charge in [0.1, 0.15) is 5.82 Å². The maximum absolute atomic E-state index is 13.6. The van der Waals surface area contributed by atoms with Crippen molar-refractivity contribution in [1.82, 2.24) is 25.0 Å². The van der Waals surface area contributed by atoms with Crippen LogP contribution in [0.4, 0.5) is 16.0 Å². The first kappa shape index (κ1) is 23.8. The molecule has 4 rings (SSSR count). The van der Waals surface area contributed by atoms with Crippen molar-refractivity contribution in [3.05, 3.63) is 72.3 Å². The van der Waals surface area contributed by atoms with Crippen molar-refractivity contribution in [3.8, 4) is 11.5 Å². The second-order valence-electron chi connectivity index (χ2n) is 6.88. The number of halogens is 1. The number of methoxy groups -OCH3 is 1. The maximum atomic E-state index is 13.6. The van der Waals surface area contributed by atoms with Crippen LogP contribution in [0.1, 0.15) is 5.56 Å². The number of carbonyl (C=O) groups is 1. The van der Waals surface area contributed by atoms with Crippen molar-refractivity contribution >= 4 is 35.5 Å². The SMILES string of the molecule is COc1cc(/C=N/Nc2nc(SCC(=O)Nc3ccccc3F)n[nH]2)ccc1OCn1cccn1. The Morgan fingerprint density at radius 1 is 1.26 bits per heavy atom. The van der Waals surface area contributed by atoms with Crippen LogP contribution < -0.4 is 20.2 Å². The third kappa shape index (κ3) is 6.80. The van der Waals surface area contributed by atoms with Crippen molar-refractivity contribution in [2.24, 2.45) is 5.10 Å². The maximum Gasteiger partial charge on any atom is 0.240 e. The lowest BCUT2D eigenvalue weighted by molar-refractivity contribution is -0.113. The van der Waals surface area contributed by atoms with Crippen LogP contribution in [0.15, 0.2) is 71.2 Å². The summed E-state index contributed by atoms with van der Waals surface area (Å²) in [5.41, 5.74) is 3.63. The molecule has 0 aliphatic rings. The molecule has 0 radical (unpaired) electrons. The number of aromatic amines is 1. The first-order valence-electron chi connectivity index (χ1n) is 10.3. The number of hydrogen-bond donors (Lipinski definition) is 3. The molecule has 1 amide bonds. The highest BCUT2D eigenvalue weighted by Gasteiger charge is 2.10. The van der Waals surface area contributed by atoms with Gasteiger partial charge in [-0.15, -0.1) is 5.10 Å². The van der Waals surface area contributed by atoms with Crippen molar-refractivity contribution in [2.75, 3.05) is 23.6 Å². The van der Waals surface area contributed by atoms with Gasteiger partial charge in [0.15, 0.2) is 18.2 Å². The van der Waals surface area contributed by atoms with Gasteiger partial charge in [-0.3, -0.25) is 4.79 Å². The van der Waals surface area contributed by atoms with E-state index in [0.29, 0.717) is 22.6 Å². The number of rotatable bonds is 11. The molecule has 0 fully saturated rings. The molecule has 0 saturated carbocycles. The van der Waals surface area contributed by atoms with Gasteiger partial charge in [0, 0.05) is 12.4 Å². The number of hydrazone groups is 1. The highest BCUT2D eigenvalue weighted by atomic mass is 32.2. The van der Waals surface area contributed by atoms with Crippen LogP contribution in [-0.4, -0.2) is 49.9 Å². The van der Waals surface area contributed by atoms with E-state index in [-0.39, 0.29) is 24.1 Å². The predicted octanol–water partition coefficient (Wildman–Crippen LogP) is 3.36. The summed E-state index contributed by atoms with van der Waals surface area (Å²) < 4.78 is 26.4. The number of hydrogen-bond acceptors (Lipinski definition) is 9. The van der Waals surface area contributed by atoms with Crippen LogP contribution in [0.3, 0.4) is 0 Å². The average molecular weight is 497 g/mol. The molecule has 0 bridgehead atoms. The van der Waals surface area contributed by atoms with E-state index < -0.39 is 5.82 Å². The normalized spacial score (nSPS) is 10.9. The molecule has 4 aromatic rings. The molecule has 0 spiro atoms. The largest absolute Gasteiger partial charge is 0.493 e. The fourth-order valence-corrected chi connectivity index (χ4v) is 3.40. The van der Waals surface area contributed by atoms with E-state index in [4.69, 9.17) is 9.47 Å². The molecular formula is C22H21FN8O3S. The first-order valence-corrected chi connectivity index (χ1v) is 11.3. The lowest BCUT2D eigenvalue weighted by Crippen LogP contribution is -2.15. The third-order valence-corrected chi connectivity index (χ3v) is 5.28. The fourth-order valence-electron chi connectivity index (χ4n) is 2.80. The van der Waals surface area contributed by atoms with E-state index >= 15 is 0 Å². The van der Waals surface area contributed by atoms with E-state index in [0.717, 1.165) is 17.3 Å². The van der Waals surface area contributed by atoms with E-state index in [1.807, 2.05) is 12.1 Å². The van der Waals surface area contributed by atoms with Crippen LogP contribution in [0.25, 0.3) is 0 Å². The molecule has 0 aliphatic carbocycles. The number of H-pyrrole nitrogens is 1. The number of benzene rings is 2. The predicted molar refractivity (Wildman–Crippen MR) is 129 cm³/mol. The zero-order valence-electron chi connectivity index (χ0n) is 18.5. The van der Waals surface area contributed by atoms with Gasteiger partial charge < -0.3 is 14.8 Å². The summed E-state index contributed by atoms with van der Waals surface area (Å²) in [5.74, 6) is 0.566. The summed E-state index contributed by atoms with van der Waals surface area (Å²) in [6.07, 6.45) is 5.05. The molecule has 0 saturated heterocycles. The topological polar surface area (TPSA) is 131 Å². The first-order chi connectivity index (χ1) is 17.1. The number of aromatic nitrogens is 5. The van der Waals surface area contributed by atoms with E-state index in [9.17, 15) is 9.18 Å². The summed E-state index contributed by atoms with van der Waals surface area (Å²) in [5, 5.41) is 17.8. The lowest BCUT2D eigenvalue weighted by Gasteiger charge is -2.11. The average Bonchev–Trinajstić information content (AvgIpc) is 3.55. The van der Waals surface area contributed by atoms with Crippen molar-refractivity contribution in [3.63, 3.8) is 0 Å². The van der Waals surface area contributed by atoms with Crippen LogP contribution in [0.2, 0.25) is 0 Å². The summed E-state index contributed by atoms with van der Waals surface area (Å²) in [7, 11) is 1.56. The highest BCUT2D eigenvalue weighted by Crippen LogP contribution is 2.28. The van der Waals surface area contributed by atoms with Crippen molar-refractivity contribution < 1.29 is 18.7 Å². The van der Waals surface area contributed by atoms with Gasteiger partial charge in [-0.05, 0) is 42.0 Å². The second kappa shape index (κ2) is 11.7. The van der Waals surface area contributed by atoms with Gasteiger partial charge in [0.2, 0.25) is 17.0 Å². The van der Waals surface area contributed by atoms with Gasteiger partial charge in [-0.1, -0.05) is 23.9 Å². The molecule has 180 valence electrons. The van der Waals surface area contributed by atoms with Crippen LogP contribution in [0, 0.1) is 5.82 Å². The summed E-state index contributed by atoms with van der Waals surface area (Å²) >= 11 is 1.10. The summed E-state index contributed by atoms with van der Waals surface area (Å²) in [6, 6.07) is 13.1. The van der Waals surface area contributed by atoms with Crippen LogP contribution in [-0.2, 0) is 11.5 Å². The van der Waals surface area contributed by atoms with Crippen molar-refractivity contribution in [2.45, 2.75) is 11.9 Å².